The van der Waals surface area contributed by atoms with Crippen LogP contribution in [-0.4, -0.2) is 19.1 Å². The summed E-state index contributed by atoms with van der Waals surface area (Å²) in [6.45, 7) is 0. The highest BCUT2D eigenvalue weighted by molar-refractivity contribution is 6.15. The third kappa shape index (κ3) is 4.03. The number of furan rings is 1. The molecule has 0 aliphatic heterocycles. The van der Waals surface area contributed by atoms with Crippen LogP contribution in [-0.2, 0) is 0 Å². The van der Waals surface area contributed by atoms with Gasteiger partial charge >= 0.3 is 0 Å². The second kappa shape index (κ2) is 10.8. The fourth-order valence-corrected chi connectivity index (χ4v) is 7.98. The summed E-state index contributed by atoms with van der Waals surface area (Å²) in [4.78, 5) is 10.9. The Bertz CT molecular complexity index is 3090. The number of nitrogens with zero attached hydrogens (tertiary/aromatic N) is 4. The molecule has 0 saturated heterocycles. The molecule has 0 N–H and O–H groups in total. The van der Waals surface area contributed by atoms with Gasteiger partial charge in [0, 0.05) is 38.1 Å². The van der Waals surface area contributed by atoms with E-state index in [9.17, 15) is 0 Å². The lowest BCUT2D eigenvalue weighted by molar-refractivity contribution is 0.662. The highest BCUT2D eigenvalue weighted by Crippen LogP contribution is 2.42. The van der Waals surface area contributed by atoms with Gasteiger partial charge in [-0.3, -0.25) is 4.57 Å². The number of rotatable bonds is 4. The number of hydrogen-bond donors (Lipinski definition) is 0. The van der Waals surface area contributed by atoms with Crippen molar-refractivity contribution in [1.82, 2.24) is 19.1 Å². The summed E-state index contributed by atoms with van der Waals surface area (Å²) < 4.78 is 11.3. The third-order valence-corrected chi connectivity index (χ3v) is 10.2. The summed E-state index contributed by atoms with van der Waals surface area (Å²) in [7, 11) is 0. The first-order chi connectivity index (χ1) is 25.3. The lowest BCUT2D eigenvalue weighted by Gasteiger charge is -2.15. The van der Waals surface area contributed by atoms with Gasteiger partial charge in [-0.2, -0.15) is 0 Å². The number of hydrogen-bond acceptors (Lipinski definition) is 3. The molecule has 0 atom stereocenters. The third-order valence-electron chi connectivity index (χ3n) is 10.2. The maximum Gasteiger partial charge on any atom is 0.197 e. The molecule has 0 spiro atoms. The van der Waals surface area contributed by atoms with Crippen LogP contribution in [0.5, 0.6) is 0 Å². The monoisotopic (exact) mass is 652 g/mol. The highest BCUT2D eigenvalue weighted by Gasteiger charge is 2.25. The summed E-state index contributed by atoms with van der Waals surface area (Å²) >= 11 is 0. The predicted molar refractivity (Wildman–Crippen MR) is 209 cm³/mol. The average molecular weight is 653 g/mol. The van der Waals surface area contributed by atoms with Crippen LogP contribution in [0.2, 0.25) is 0 Å². The SMILES string of the molecule is c1ccc(-c2cccc3c4ccccc4n(-c4nc(-c5ccccc5-n5c6ccccc6c6ccccc65)nc5c4oc4ccccc45)c23)cc1. The molecule has 7 aromatic carbocycles. The molecule has 0 amide bonds. The van der Waals surface area contributed by atoms with E-state index in [4.69, 9.17) is 14.4 Å². The van der Waals surface area contributed by atoms with E-state index in [0.717, 1.165) is 71.7 Å². The predicted octanol–water partition coefficient (Wildman–Crippen LogP) is 11.9. The maximum absolute atomic E-state index is 6.71. The van der Waals surface area contributed by atoms with Crippen LogP contribution in [0.1, 0.15) is 0 Å². The van der Waals surface area contributed by atoms with Gasteiger partial charge in [0.1, 0.15) is 11.1 Å². The largest absolute Gasteiger partial charge is 0.450 e. The van der Waals surface area contributed by atoms with Gasteiger partial charge < -0.3 is 8.98 Å². The summed E-state index contributed by atoms with van der Waals surface area (Å²) in [5, 5.41) is 5.68. The summed E-state index contributed by atoms with van der Waals surface area (Å²) in [6, 6.07) is 59.5. The van der Waals surface area contributed by atoms with Crippen molar-refractivity contribution in [2.24, 2.45) is 0 Å². The van der Waals surface area contributed by atoms with Gasteiger partial charge in [0.05, 0.1) is 27.8 Å². The van der Waals surface area contributed by atoms with Crippen LogP contribution in [0.3, 0.4) is 0 Å². The molecule has 5 nitrogen and oxygen atoms in total. The van der Waals surface area contributed by atoms with Gasteiger partial charge in [-0.15, -0.1) is 0 Å². The molecule has 0 aliphatic carbocycles. The van der Waals surface area contributed by atoms with E-state index in [2.05, 4.69) is 161 Å². The van der Waals surface area contributed by atoms with Gasteiger partial charge in [-0.05, 0) is 48.0 Å². The Balaban J connectivity index is 1.28. The zero-order chi connectivity index (χ0) is 33.5. The summed E-state index contributed by atoms with van der Waals surface area (Å²) in [5.74, 6) is 1.34. The summed E-state index contributed by atoms with van der Waals surface area (Å²) in [6.07, 6.45) is 0. The Morgan fingerprint density at radius 2 is 0.961 bits per heavy atom. The van der Waals surface area contributed by atoms with Crippen LogP contribution in [0.4, 0.5) is 0 Å². The van der Waals surface area contributed by atoms with Crippen molar-refractivity contribution >= 4 is 65.7 Å². The minimum atomic E-state index is 0.629. The van der Waals surface area contributed by atoms with Crippen molar-refractivity contribution in [3.63, 3.8) is 0 Å². The van der Waals surface area contributed by atoms with Crippen molar-refractivity contribution in [1.29, 1.82) is 0 Å². The molecule has 51 heavy (non-hydrogen) atoms. The second-order valence-corrected chi connectivity index (χ2v) is 13.0. The van der Waals surface area contributed by atoms with E-state index < -0.39 is 0 Å². The Morgan fingerprint density at radius 1 is 0.412 bits per heavy atom. The molecular formula is C46H28N4O. The zero-order valence-electron chi connectivity index (χ0n) is 27.4. The topological polar surface area (TPSA) is 48.8 Å². The smallest absolute Gasteiger partial charge is 0.197 e. The van der Waals surface area contributed by atoms with Crippen molar-refractivity contribution in [3.05, 3.63) is 170 Å². The molecule has 238 valence electrons. The maximum atomic E-state index is 6.71. The van der Waals surface area contributed by atoms with Crippen LogP contribution in [0.15, 0.2) is 174 Å². The zero-order valence-corrected chi connectivity index (χ0v) is 27.4. The van der Waals surface area contributed by atoms with E-state index in [1.165, 1.54) is 10.8 Å². The molecule has 11 aromatic rings. The normalized spacial score (nSPS) is 11.9. The minimum absolute atomic E-state index is 0.629. The molecule has 5 heteroatoms. The molecule has 0 bridgehead atoms. The molecule has 4 aromatic heterocycles. The van der Waals surface area contributed by atoms with Gasteiger partial charge in [0.25, 0.3) is 0 Å². The van der Waals surface area contributed by atoms with Crippen molar-refractivity contribution in [2.75, 3.05) is 0 Å². The molecule has 0 unspecified atom stereocenters. The lowest BCUT2D eigenvalue weighted by atomic mass is 10.0. The first kappa shape index (κ1) is 27.9. The number of benzene rings is 7. The Morgan fingerprint density at radius 3 is 1.71 bits per heavy atom. The number of aromatic nitrogens is 4. The van der Waals surface area contributed by atoms with Crippen LogP contribution >= 0.6 is 0 Å². The summed E-state index contributed by atoms with van der Waals surface area (Å²) in [5.41, 5.74) is 10.8. The van der Waals surface area contributed by atoms with E-state index in [1.807, 2.05) is 18.2 Å². The first-order valence-corrected chi connectivity index (χ1v) is 17.2. The quantitative estimate of drug-likeness (QED) is 0.190. The lowest BCUT2D eigenvalue weighted by Crippen LogP contribution is -2.04. The van der Waals surface area contributed by atoms with Crippen molar-refractivity contribution in [2.45, 2.75) is 0 Å². The van der Waals surface area contributed by atoms with Gasteiger partial charge in [0.2, 0.25) is 0 Å². The Labute approximate surface area is 292 Å². The van der Waals surface area contributed by atoms with Crippen LogP contribution in [0.25, 0.3) is 99.7 Å². The van der Waals surface area contributed by atoms with Gasteiger partial charge in [-0.1, -0.05) is 127 Å². The molecule has 0 radical (unpaired) electrons. The second-order valence-electron chi connectivity index (χ2n) is 13.0. The van der Waals surface area contributed by atoms with Crippen LogP contribution < -0.4 is 0 Å². The van der Waals surface area contributed by atoms with Crippen LogP contribution in [0, 0.1) is 0 Å². The van der Waals surface area contributed by atoms with Gasteiger partial charge in [0.15, 0.2) is 17.2 Å². The van der Waals surface area contributed by atoms with Crippen molar-refractivity contribution in [3.8, 4) is 34.0 Å². The number of fused-ring (bicyclic) bond motifs is 9. The van der Waals surface area contributed by atoms with E-state index in [-0.39, 0.29) is 0 Å². The molecule has 4 heterocycles. The molecular weight excluding hydrogens is 625 g/mol. The van der Waals surface area contributed by atoms with E-state index in [0.29, 0.717) is 17.2 Å². The Kier molecular flexibility index (Phi) is 5.89. The minimum Gasteiger partial charge on any atom is -0.450 e. The molecule has 11 rings (SSSR count). The first-order valence-electron chi connectivity index (χ1n) is 17.2. The molecule has 0 saturated carbocycles. The van der Waals surface area contributed by atoms with Gasteiger partial charge in [-0.25, -0.2) is 9.97 Å². The fraction of sp³-hybridized carbons (Fsp3) is 0. The van der Waals surface area contributed by atoms with E-state index in [1.54, 1.807) is 0 Å². The molecule has 0 fully saturated rings. The molecule has 0 aliphatic rings. The van der Waals surface area contributed by atoms with E-state index >= 15 is 0 Å². The van der Waals surface area contributed by atoms with Crippen molar-refractivity contribution < 1.29 is 4.42 Å². The standard InChI is InChI=1S/C46H28N4O/c1-2-15-29(16-3-1)30-22-14-23-34-33-19-6-11-26-39(33)50(43(30)34)46-44-42(36-21-8-13-28-41(36)51-44)47-45(48-46)35-20-7-12-27-40(35)49-37-24-9-4-17-31(37)32-18-5-10-25-38(32)49/h1-28H. The average Bonchev–Trinajstić information content (AvgIpc) is 3.86. The highest BCUT2D eigenvalue weighted by atomic mass is 16.3. The fourth-order valence-electron chi connectivity index (χ4n) is 7.98. The number of para-hydroxylation sites is 6. The Hall–Kier alpha value is -6.98.